The van der Waals surface area contributed by atoms with Crippen molar-refractivity contribution < 1.29 is 4.79 Å². The highest BCUT2D eigenvalue weighted by Gasteiger charge is 2.17. The first-order chi connectivity index (χ1) is 13.0. The lowest BCUT2D eigenvalue weighted by atomic mass is 9.92. The van der Waals surface area contributed by atoms with E-state index in [0.717, 1.165) is 33.6 Å². The Labute approximate surface area is 193 Å². The van der Waals surface area contributed by atoms with Crippen LogP contribution in [0.25, 0.3) is 0 Å². The molecule has 154 valence electrons. The Morgan fingerprint density at radius 2 is 0.643 bits per heavy atom. The van der Waals surface area contributed by atoms with Gasteiger partial charge in [0.2, 0.25) is 0 Å². The number of carbonyl (C=O) groups is 1. The summed E-state index contributed by atoms with van der Waals surface area (Å²) in [5.74, 6) is 0. The lowest BCUT2D eigenvalue weighted by Gasteiger charge is -2.22. The first-order valence-electron chi connectivity index (χ1n) is 9.35. The number of hydrogen-bond donors (Lipinski definition) is 2. The van der Waals surface area contributed by atoms with Gasteiger partial charge in [-0.25, -0.2) is 4.79 Å². The molecular weight excluding hydrogens is 574 g/mol. The quantitative estimate of drug-likeness (QED) is 0.333. The van der Waals surface area contributed by atoms with E-state index in [4.69, 9.17) is 0 Å². The largest absolute Gasteiger partial charge is 0.323 e. The summed E-state index contributed by atoms with van der Waals surface area (Å²) in [6.07, 6.45) is 0. The summed E-state index contributed by atoms with van der Waals surface area (Å²) in [6.45, 7) is 21.0. The fourth-order valence-electron chi connectivity index (χ4n) is 3.63. The second kappa shape index (κ2) is 10.3. The molecule has 0 radical (unpaired) electrons. The van der Waals surface area contributed by atoms with Gasteiger partial charge in [0.15, 0.2) is 0 Å². The SMILES string of the molecule is Cc1c(C)c(C)c(NC(=O)Nc2c(C)c(C)c(C)c(C)c2C)c(C)c1C.II. The van der Waals surface area contributed by atoms with Gasteiger partial charge in [0.1, 0.15) is 0 Å². The van der Waals surface area contributed by atoms with E-state index < -0.39 is 0 Å². The standard InChI is InChI=1S/C23H32N2O.I2/c1-11-13(3)17(7)21(18(8)14(11)4)24-23(26)25-22-19(9)15(5)12(2)16(6)20(22)10;1-2/h1-10H3,(H2,24,25,26);. The molecule has 5 heteroatoms. The monoisotopic (exact) mass is 606 g/mol. The molecule has 0 saturated carbocycles. The third-order valence-corrected chi connectivity index (χ3v) is 6.48. The van der Waals surface area contributed by atoms with Gasteiger partial charge in [-0.2, -0.15) is 0 Å². The van der Waals surface area contributed by atoms with Crippen LogP contribution < -0.4 is 10.6 Å². The molecule has 0 saturated heterocycles. The number of benzene rings is 2. The topological polar surface area (TPSA) is 41.1 Å². The predicted molar refractivity (Wildman–Crippen MR) is 141 cm³/mol. The smallest absolute Gasteiger partial charge is 0.307 e. The normalized spacial score (nSPS) is 10.3. The fraction of sp³-hybridized carbons (Fsp3) is 0.435. The van der Waals surface area contributed by atoms with Crippen molar-refractivity contribution in [3.63, 3.8) is 0 Å². The average Bonchev–Trinajstić information content (AvgIpc) is 2.70. The molecule has 0 bridgehead atoms. The Balaban J connectivity index is 0.00000190. The van der Waals surface area contributed by atoms with E-state index in [9.17, 15) is 4.79 Å². The molecule has 2 N–H and O–H groups in total. The van der Waals surface area contributed by atoms with Crippen molar-refractivity contribution >= 4 is 54.6 Å². The molecule has 2 amide bonds. The molecule has 2 rings (SSSR count). The Morgan fingerprint density at radius 1 is 0.464 bits per heavy atom. The number of urea groups is 1. The number of anilines is 2. The van der Waals surface area contributed by atoms with E-state index in [1.54, 1.807) is 0 Å². The van der Waals surface area contributed by atoms with E-state index in [1.807, 2.05) is 0 Å². The molecule has 0 spiro atoms. The number of rotatable bonds is 2. The summed E-state index contributed by atoms with van der Waals surface area (Å²) in [5.41, 5.74) is 13.9. The van der Waals surface area contributed by atoms with Gasteiger partial charge in [-0.3, -0.25) is 0 Å². The van der Waals surface area contributed by atoms with Crippen molar-refractivity contribution in [3.8, 4) is 0 Å². The van der Waals surface area contributed by atoms with E-state index in [2.05, 4.69) is 117 Å². The summed E-state index contributed by atoms with van der Waals surface area (Å²) in [5, 5.41) is 6.19. The molecule has 0 aliphatic carbocycles. The highest BCUT2D eigenvalue weighted by atomic mass is 128. The number of hydrogen-bond acceptors (Lipinski definition) is 1. The molecule has 0 atom stereocenters. The van der Waals surface area contributed by atoms with Crippen molar-refractivity contribution in [2.24, 2.45) is 0 Å². The van der Waals surface area contributed by atoms with Crippen LogP contribution in [-0.2, 0) is 0 Å². The zero-order valence-corrected chi connectivity index (χ0v) is 23.0. The minimum absolute atomic E-state index is 0.187. The molecule has 2 aromatic carbocycles. The van der Waals surface area contributed by atoms with Crippen LogP contribution in [0.5, 0.6) is 0 Å². The molecule has 0 fully saturated rings. The Bertz CT molecular complexity index is 786. The summed E-state index contributed by atoms with van der Waals surface area (Å²) in [7, 11) is 0. The van der Waals surface area contributed by atoms with E-state index in [0.29, 0.717) is 0 Å². The molecule has 0 aliphatic heterocycles. The highest BCUT2D eigenvalue weighted by Crippen LogP contribution is 2.32. The third-order valence-electron chi connectivity index (χ3n) is 6.48. The maximum absolute atomic E-state index is 12.8. The first-order valence-corrected chi connectivity index (χ1v) is 15.6. The molecule has 0 aromatic heterocycles. The van der Waals surface area contributed by atoms with Crippen molar-refractivity contribution in [2.45, 2.75) is 69.2 Å². The van der Waals surface area contributed by atoms with Crippen LogP contribution in [0.2, 0.25) is 0 Å². The van der Waals surface area contributed by atoms with Gasteiger partial charge in [-0.15, -0.1) is 0 Å². The minimum Gasteiger partial charge on any atom is -0.307 e. The van der Waals surface area contributed by atoms with Gasteiger partial charge in [-0.1, -0.05) is 0 Å². The van der Waals surface area contributed by atoms with Gasteiger partial charge < -0.3 is 10.6 Å². The van der Waals surface area contributed by atoms with Crippen LogP contribution >= 0.6 is 37.2 Å². The third kappa shape index (κ3) is 4.83. The highest BCUT2D eigenvalue weighted by molar-refractivity contribution is 15.0. The van der Waals surface area contributed by atoms with E-state index in [-0.39, 0.29) is 6.03 Å². The Hall–Kier alpha value is -0.830. The van der Waals surface area contributed by atoms with Crippen LogP contribution in [0, 0.1) is 69.2 Å². The first kappa shape index (κ1) is 25.2. The maximum atomic E-state index is 12.8. The van der Waals surface area contributed by atoms with Gasteiger partial charge in [-0.05, 0) is 125 Å². The zero-order chi connectivity index (χ0) is 21.9. The van der Waals surface area contributed by atoms with Gasteiger partial charge in [0.05, 0.1) is 0 Å². The molecular formula is C23H32I2N2O. The molecule has 0 heterocycles. The van der Waals surface area contributed by atoms with Crippen molar-refractivity contribution in [1.82, 2.24) is 0 Å². The van der Waals surface area contributed by atoms with Crippen molar-refractivity contribution in [1.29, 1.82) is 0 Å². The summed E-state index contributed by atoms with van der Waals surface area (Å²) in [4.78, 5) is 12.8. The number of carbonyl (C=O) groups excluding carboxylic acids is 1. The van der Waals surface area contributed by atoms with Crippen LogP contribution in [0.1, 0.15) is 55.6 Å². The molecule has 2 aromatic rings. The van der Waals surface area contributed by atoms with Crippen LogP contribution in [0.4, 0.5) is 16.2 Å². The van der Waals surface area contributed by atoms with Gasteiger partial charge in [0.25, 0.3) is 0 Å². The van der Waals surface area contributed by atoms with Crippen LogP contribution in [0.15, 0.2) is 0 Å². The predicted octanol–water partition coefficient (Wildman–Crippen LogP) is 8.19. The van der Waals surface area contributed by atoms with Gasteiger partial charge >= 0.3 is 6.03 Å². The molecule has 0 unspecified atom stereocenters. The minimum atomic E-state index is -0.187. The van der Waals surface area contributed by atoms with E-state index >= 15 is 0 Å². The number of amides is 2. The fourth-order valence-corrected chi connectivity index (χ4v) is 3.63. The molecule has 0 aliphatic rings. The molecule has 3 nitrogen and oxygen atoms in total. The Morgan fingerprint density at radius 3 is 0.857 bits per heavy atom. The summed E-state index contributed by atoms with van der Waals surface area (Å²) < 4.78 is 0. The second-order valence-electron chi connectivity index (χ2n) is 7.58. The van der Waals surface area contributed by atoms with E-state index in [1.165, 1.54) is 33.4 Å². The summed E-state index contributed by atoms with van der Waals surface area (Å²) >= 11 is 4.24. The maximum Gasteiger partial charge on any atom is 0.323 e. The number of halogens is 2. The lowest BCUT2D eigenvalue weighted by Crippen LogP contribution is -2.23. The van der Waals surface area contributed by atoms with Crippen molar-refractivity contribution in [3.05, 3.63) is 55.6 Å². The summed E-state index contributed by atoms with van der Waals surface area (Å²) in [6, 6.07) is -0.187. The van der Waals surface area contributed by atoms with Crippen LogP contribution in [0.3, 0.4) is 0 Å². The molecule has 28 heavy (non-hydrogen) atoms. The lowest BCUT2D eigenvalue weighted by molar-refractivity contribution is 0.262. The zero-order valence-electron chi connectivity index (χ0n) is 18.7. The van der Waals surface area contributed by atoms with Gasteiger partial charge in [0, 0.05) is 48.6 Å². The number of nitrogens with one attached hydrogen (secondary N) is 2. The van der Waals surface area contributed by atoms with Crippen molar-refractivity contribution in [2.75, 3.05) is 10.6 Å². The average molecular weight is 606 g/mol. The Kier molecular flexibility index (Phi) is 9.25. The van der Waals surface area contributed by atoms with Crippen LogP contribution in [-0.4, -0.2) is 6.03 Å². The second-order valence-corrected chi connectivity index (χ2v) is 7.58.